The summed E-state index contributed by atoms with van der Waals surface area (Å²) in [6.45, 7) is 4.02. The van der Waals surface area contributed by atoms with Gasteiger partial charge in [-0.15, -0.1) is 10.2 Å². The van der Waals surface area contributed by atoms with Crippen molar-refractivity contribution < 1.29 is 14.3 Å². The van der Waals surface area contributed by atoms with E-state index < -0.39 is 5.97 Å². The molecule has 0 radical (unpaired) electrons. The Hall–Kier alpha value is -3.50. The van der Waals surface area contributed by atoms with Crippen molar-refractivity contribution in [3.8, 4) is 16.9 Å². The van der Waals surface area contributed by atoms with E-state index in [4.69, 9.17) is 4.74 Å². The summed E-state index contributed by atoms with van der Waals surface area (Å²) in [5.74, 6) is -0.614. The van der Waals surface area contributed by atoms with Gasteiger partial charge < -0.3 is 10.1 Å². The second-order valence-corrected chi connectivity index (χ2v) is 8.88. The first-order chi connectivity index (χ1) is 16.0. The van der Waals surface area contributed by atoms with E-state index in [1.807, 2.05) is 66.1 Å². The number of aryl methyl sites for hydroxylation is 1. The molecule has 0 saturated heterocycles. The fourth-order valence-electron chi connectivity index (χ4n) is 2.99. The Bertz CT molecular complexity index is 1250. The SMILES string of the molecule is CCOC(=O)c1sc(NC(=O)CSc2nncn2-c2ccc(C)cc2)nc1-c1ccccc1. The highest BCUT2D eigenvalue weighted by molar-refractivity contribution is 7.99. The third kappa shape index (κ3) is 5.47. The topological polar surface area (TPSA) is 99.0 Å². The number of hydrogen-bond donors (Lipinski definition) is 1. The number of thioether (sulfide) groups is 1. The van der Waals surface area contributed by atoms with Crippen LogP contribution < -0.4 is 5.32 Å². The van der Waals surface area contributed by atoms with Gasteiger partial charge in [-0.1, -0.05) is 71.1 Å². The highest BCUT2D eigenvalue weighted by Crippen LogP contribution is 2.32. The van der Waals surface area contributed by atoms with E-state index in [-0.39, 0.29) is 18.3 Å². The number of hydrogen-bond acceptors (Lipinski definition) is 8. The van der Waals surface area contributed by atoms with E-state index in [1.165, 1.54) is 11.8 Å². The van der Waals surface area contributed by atoms with Gasteiger partial charge in [0.25, 0.3) is 0 Å². The number of benzene rings is 2. The molecule has 2 heterocycles. The van der Waals surface area contributed by atoms with Crippen LogP contribution in [0.25, 0.3) is 16.9 Å². The van der Waals surface area contributed by atoms with Gasteiger partial charge in [-0.05, 0) is 26.0 Å². The van der Waals surface area contributed by atoms with Crippen LogP contribution in [0, 0.1) is 6.92 Å². The Labute approximate surface area is 199 Å². The summed E-state index contributed by atoms with van der Waals surface area (Å²) < 4.78 is 6.99. The number of carbonyl (C=O) groups is 2. The summed E-state index contributed by atoms with van der Waals surface area (Å²) in [4.78, 5) is 29.9. The molecule has 4 rings (SSSR count). The number of nitrogens with one attached hydrogen (secondary N) is 1. The smallest absolute Gasteiger partial charge is 0.350 e. The lowest BCUT2D eigenvalue weighted by molar-refractivity contribution is -0.113. The van der Waals surface area contributed by atoms with Crippen molar-refractivity contribution in [1.29, 1.82) is 0 Å². The third-order valence-electron chi connectivity index (χ3n) is 4.54. The molecule has 0 aliphatic rings. The molecule has 4 aromatic rings. The third-order valence-corrected chi connectivity index (χ3v) is 6.44. The van der Waals surface area contributed by atoms with E-state index in [0.717, 1.165) is 28.2 Å². The van der Waals surface area contributed by atoms with Crippen molar-refractivity contribution in [1.82, 2.24) is 19.7 Å². The average Bonchev–Trinajstić information content (AvgIpc) is 3.46. The summed E-state index contributed by atoms with van der Waals surface area (Å²) in [5, 5.41) is 11.8. The summed E-state index contributed by atoms with van der Waals surface area (Å²) >= 11 is 2.36. The molecule has 0 aliphatic carbocycles. The molecule has 0 aliphatic heterocycles. The molecule has 1 amide bonds. The number of carbonyl (C=O) groups excluding carboxylic acids is 2. The Balaban J connectivity index is 1.47. The standard InChI is InChI=1S/C23H21N5O3S2/c1-3-31-21(30)20-19(16-7-5-4-6-8-16)26-22(33-20)25-18(29)13-32-23-27-24-14-28(23)17-11-9-15(2)10-12-17/h4-12,14H,3,13H2,1-2H3,(H,25,26,29). The molecular weight excluding hydrogens is 458 g/mol. The summed E-state index contributed by atoms with van der Waals surface area (Å²) in [7, 11) is 0. The Morgan fingerprint density at radius 2 is 1.88 bits per heavy atom. The van der Waals surface area contributed by atoms with Crippen molar-refractivity contribution in [2.24, 2.45) is 0 Å². The van der Waals surface area contributed by atoms with Crippen molar-refractivity contribution in [2.75, 3.05) is 17.7 Å². The molecule has 1 N–H and O–H groups in total. The highest BCUT2D eigenvalue weighted by Gasteiger charge is 2.21. The van der Waals surface area contributed by atoms with Crippen molar-refractivity contribution in [3.05, 3.63) is 71.4 Å². The second kappa shape index (κ2) is 10.4. The number of thiazole rings is 1. The molecule has 0 atom stereocenters. The molecular formula is C23H21N5O3S2. The van der Waals surface area contributed by atoms with Crippen LogP contribution in [0.4, 0.5) is 5.13 Å². The second-order valence-electron chi connectivity index (χ2n) is 6.94. The molecule has 2 aromatic heterocycles. The fraction of sp³-hybridized carbons (Fsp3) is 0.174. The van der Waals surface area contributed by atoms with Crippen LogP contribution in [0.1, 0.15) is 22.2 Å². The maximum Gasteiger partial charge on any atom is 0.350 e. The monoisotopic (exact) mass is 479 g/mol. The zero-order chi connectivity index (χ0) is 23.2. The number of rotatable bonds is 8. The molecule has 0 unspecified atom stereocenters. The molecule has 0 bridgehead atoms. The molecule has 10 heteroatoms. The molecule has 0 spiro atoms. The summed E-state index contributed by atoms with van der Waals surface area (Å²) in [6, 6.07) is 17.3. The normalized spacial score (nSPS) is 10.7. The van der Waals surface area contributed by atoms with Crippen LogP contribution in [0.5, 0.6) is 0 Å². The number of aromatic nitrogens is 4. The van der Waals surface area contributed by atoms with Gasteiger partial charge in [-0.25, -0.2) is 9.78 Å². The largest absolute Gasteiger partial charge is 0.462 e. The maximum atomic E-state index is 12.6. The molecule has 0 fully saturated rings. The zero-order valence-corrected chi connectivity index (χ0v) is 19.7. The van der Waals surface area contributed by atoms with Crippen molar-refractivity contribution in [2.45, 2.75) is 19.0 Å². The maximum absolute atomic E-state index is 12.6. The Morgan fingerprint density at radius 1 is 1.12 bits per heavy atom. The van der Waals surface area contributed by atoms with E-state index in [0.29, 0.717) is 20.9 Å². The lowest BCUT2D eigenvalue weighted by Crippen LogP contribution is -2.14. The zero-order valence-electron chi connectivity index (χ0n) is 18.0. The van der Waals surface area contributed by atoms with Crippen LogP contribution in [0.3, 0.4) is 0 Å². The van der Waals surface area contributed by atoms with Gasteiger partial charge in [0.1, 0.15) is 11.2 Å². The van der Waals surface area contributed by atoms with E-state index in [1.54, 1.807) is 13.3 Å². The minimum absolute atomic E-state index is 0.111. The lowest BCUT2D eigenvalue weighted by Gasteiger charge is -2.06. The molecule has 2 aromatic carbocycles. The van der Waals surface area contributed by atoms with Crippen LogP contribution in [-0.4, -0.2) is 44.0 Å². The molecule has 33 heavy (non-hydrogen) atoms. The van der Waals surface area contributed by atoms with Crippen LogP contribution in [0.2, 0.25) is 0 Å². The van der Waals surface area contributed by atoms with E-state index in [9.17, 15) is 9.59 Å². The van der Waals surface area contributed by atoms with Crippen molar-refractivity contribution >= 4 is 40.1 Å². The van der Waals surface area contributed by atoms with Crippen LogP contribution >= 0.6 is 23.1 Å². The van der Waals surface area contributed by atoms with Gasteiger partial charge in [0.15, 0.2) is 10.3 Å². The van der Waals surface area contributed by atoms with Gasteiger partial charge in [-0.2, -0.15) is 0 Å². The van der Waals surface area contributed by atoms with Gasteiger partial charge in [0.2, 0.25) is 5.91 Å². The highest BCUT2D eigenvalue weighted by atomic mass is 32.2. The Kier molecular flexibility index (Phi) is 7.16. The minimum Gasteiger partial charge on any atom is -0.462 e. The molecule has 0 saturated carbocycles. The Morgan fingerprint density at radius 3 is 2.61 bits per heavy atom. The summed E-state index contributed by atoms with van der Waals surface area (Å²) in [5.41, 5.74) is 3.33. The number of amides is 1. The first-order valence-corrected chi connectivity index (χ1v) is 12.0. The van der Waals surface area contributed by atoms with Crippen molar-refractivity contribution in [3.63, 3.8) is 0 Å². The predicted molar refractivity (Wildman–Crippen MR) is 129 cm³/mol. The first kappa shape index (κ1) is 22.7. The van der Waals surface area contributed by atoms with Crippen LogP contribution in [0.15, 0.2) is 66.1 Å². The van der Waals surface area contributed by atoms with Gasteiger partial charge in [0.05, 0.1) is 18.1 Å². The average molecular weight is 480 g/mol. The fourth-order valence-corrected chi connectivity index (χ4v) is 4.62. The quantitative estimate of drug-likeness (QED) is 0.291. The molecule has 8 nitrogen and oxygen atoms in total. The minimum atomic E-state index is -0.463. The number of nitrogens with zero attached hydrogens (tertiary/aromatic N) is 4. The van der Waals surface area contributed by atoms with Gasteiger partial charge >= 0.3 is 5.97 Å². The van der Waals surface area contributed by atoms with Crippen LogP contribution in [-0.2, 0) is 9.53 Å². The van der Waals surface area contributed by atoms with E-state index in [2.05, 4.69) is 20.5 Å². The number of esters is 1. The first-order valence-electron chi connectivity index (χ1n) is 10.2. The number of ether oxygens (including phenoxy) is 1. The molecule has 168 valence electrons. The van der Waals surface area contributed by atoms with E-state index >= 15 is 0 Å². The van der Waals surface area contributed by atoms with Gasteiger partial charge in [0, 0.05) is 11.3 Å². The lowest BCUT2D eigenvalue weighted by atomic mass is 10.1. The predicted octanol–water partition coefficient (Wildman–Crippen LogP) is 4.61. The van der Waals surface area contributed by atoms with Gasteiger partial charge in [-0.3, -0.25) is 9.36 Å². The number of anilines is 1. The summed E-state index contributed by atoms with van der Waals surface area (Å²) in [6.07, 6.45) is 1.61.